The number of aliphatic hydroxyl groups is 1. The molecule has 0 amide bonds. The maximum Gasteiger partial charge on any atom is 0.409 e. The first-order chi connectivity index (χ1) is 34.8. The average Bonchev–Trinajstić information content (AvgIpc) is 3.36. The van der Waals surface area contributed by atoms with Crippen molar-refractivity contribution in [3.8, 4) is 17.2 Å². The van der Waals surface area contributed by atoms with E-state index in [-0.39, 0.29) is 41.3 Å². The van der Waals surface area contributed by atoms with Crippen LogP contribution in [0.3, 0.4) is 0 Å². The Morgan fingerprint density at radius 3 is 2.03 bits per heavy atom. The molecule has 3 aliphatic rings. The third-order valence-electron chi connectivity index (χ3n) is 12.6. The van der Waals surface area contributed by atoms with Crippen molar-refractivity contribution >= 4 is 70.2 Å². The van der Waals surface area contributed by atoms with Gasteiger partial charge in [-0.2, -0.15) is 0 Å². The molecule has 5 aromatic carbocycles. The van der Waals surface area contributed by atoms with Gasteiger partial charge in [0.25, 0.3) is 7.75 Å². The van der Waals surface area contributed by atoms with Gasteiger partial charge in [-0.25, -0.2) is 14.7 Å². The van der Waals surface area contributed by atoms with Gasteiger partial charge in [-0.1, -0.05) is 114 Å². The van der Waals surface area contributed by atoms with Crippen LogP contribution in [-0.4, -0.2) is 79.0 Å². The van der Waals surface area contributed by atoms with Crippen molar-refractivity contribution in [2.75, 3.05) is 33.4 Å². The molecule has 6 aromatic rings. The Balaban J connectivity index is 0.000000207. The molecule has 75 heavy (non-hydrogen) atoms. The number of ether oxygens (including phenoxy) is 3. The summed E-state index contributed by atoms with van der Waals surface area (Å²) in [5, 5.41) is 20.4. The minimum Gasteiger partial charge on any atom is -0.756 e. The number of nitrogens with one attached hydrogen (secondary N) is 3. The van der Waals surface area contributed by atoms with Crippen LogP contribution in [-0.2, 0) is 28.2 Å². The molecule has 3 aliphatic heterocycles. The SMILES string of the molecule is C=C[C@H]1C[NH+]2CC[C@H]1C[C@H]2[C@H](O)c1ccnc2ccc(OC)cc12.C[C@H](NP(=O)(Cl)Oc1cccc2ccccc12)C(=O)OCC(C)(C)C.C[C@H](NP(=O)([O-])Oc1ccc2ccccc2c1)C(=O)OCC(C)(C)C.O. The van der Waals surface area contributed by atoms with Crippen molar-refractivity contribution in [2.45, 2.75) is 92.5 Å². The van der Waals surface area contributed by atoms with Gasteiger partial charge in [-0.15, -0.1) is 6.58 Å². The number of quaternary nitrogens is 1. The molecule has 3 fully saturated rings. The molecule has 0 aliphatic carbocycles. The highest BCUT2D eigenvalue weighted by atomic mass is 35.7. The van der Waals surface area contributed by atoms with E-state index in [9.17, 15) is 28.7 Å². The van der Waals surface area contributed by atoms with Crippen LogP contribution in [0.2, 0.25) is 0 Å². The van der Waals surface area contributed by atoms with Crippen molar-refractivity contribution < 1.29 is 62.4 Å². The molecule has 9 rings (SSSR count). The Morgan fingerprint density at radius 1 is 0.813 bits per heavy atom. The van der Waals surface area contributed by atoms with Crippen LogP contribution < -0.4 is 33.8 Å². The fourth-order valence-corrected chi connectivity index (χ4v) is 11.6. The van der Waals surface area contributed by atoms with E-state index in [1.54, 1.807) is 43.6 Å². The van der Waals surface area contributed by atoms with Crippen molar-refractivity contribution in [1.29, 1.82) is 0 Å². The van der Waals surface area contributed by atoms with E-state index in [1.165, 1.54) is 25.2 Å². The number of methoxy groups -OCH3 is 1. The predicted molar refractivity (Wildman–Crippen MR) is 294 cm³/mol. The molecule has 6 N–H and O–H groups in total. The van der Waals surface area contributed by atoms with E-state index < -0.39 is 44.7 Å². The van der Waals surface area contributed by atoms with Gasteiger partial charge in [-0.05, 0) is 94.8 Å². The monoisotopic (exact) mass is 1090 g/mol. The number of carbonyl (C=O) groups is 2. The van der Waals surface area contributed by atoms with Crippen LogP contribution in [0.4, 0.5) is 0 Å². The number of pyridine rings is 1. The largest absolute Gasteiger partial charge is 0.756 e. The number of nitrogens with zero attached hydrogens (tertiary/aromatic N) is 1. The molecule has 16 nitrogen and oxygen atoms in total. The maximum atomic E-state index is 12.6. The Labute approximate surface area is 445 Å². The zero-order valence-corrected chi connectivity index (χ0v) is 46.8. The minimum absolute atomic E-state index is 0. The lowest BCUT2D eigenvalue weighted by molar-refractivity contribution is -0.949. The normalized spacial score (nSPS) is 19.9. The zero-order valence-electron chi connectivity index (χ0n) is 44.2. The summed E-state index contributed by atoms with van der Waals surface area (Å²) in [6, 6.07) is 31.6. The van der Waals surface area contributed by atoms with Crippen LogP contribution in [0.25, 0.3) is 32.4 Å². The molecule has 2 bridgehead atoms. The molecule has 406 valence electrons. The molecular weight excluding hydrogens is 1020 g/mol. The van der Waals surface area contributed by atoms with Crippen molar-refractivity contribution in [3.05, 3.63) is 134 Å². The summed E-state index contributed by atoms with van der Waals surface area (Å²) < 4.78 is 50.9. The smallest absolute Gasteiger partial charge is 0.409 e. The van der Waals surface area contributed by atoms with Crippen LogP contribution in [0.15, 0.2) is 128 Å². The number of hydrogen-bond acceptors (Lipinski definition) is 12. The van der Waals surface area contributed by atoms with Crippen LogP contribution in [0, 0.1) is 22.7 Å². The standard InChI is InChI=1S/C20H24N2O2.C18H23ClNO4P.C18H24NO5P.H2O/c1-3-13-12-22-9-7-14(13)10-19(22)20(23)16-6-8-21-18-5-4-15(24-2)11-17(16)18;1-13(17(21)23-12-18(2,3)4)20-25(19,22)24-16-11-7-9-14-8-5-6-10-15(14)16;1-13(17(20)23-12-18(2,3)4)19-25(21,22)24-16-10-9-14-7-5-6-8-15(14)11-16;/h3-6,8,11,13-14,19-20,23H,1,7,9-10,12H2,2H3;5-11,13H,12H2,1-4H3,(H,20,22);5-11,13H,12H2,1-4H3,(H2,19,21,22);1H2/t13-,14-,19-,20+;13-,25?;13-;/m000./s1. The molecule has 4 heterocycles. The maximum absolute atomic E-state index is 12.6. The highest BCUT2D eigenvalue weighted by Crippen LogP contribution is 2.50. The van der Waals surface area contributed by atoms with E-state index in [4.69, 9.17) is 34.5 Å². The summed E-state index contributed by atoms with van der Waals surface area (Å²) >= 11 is 6.01. The quantitative estimate of drug-likeness (QED) is 0.0402. The van der Waals surface area contributed by atoms with Crippen LogP contribution in [0.5, 0.6) is 17.2 Å². The van der Waals surface area contributed by atoms with E-state index in [0.717, 1.165) is 63.3 Å². The lowest BCUT2D eigenvalue weighted by Crippen LogP contribution is -3.20. The highest BCUT2D eigenvalue weighted by molar-refractivity contribution is 7.84. The number of halogens is 1. The van der Waals surface area contributed by atoms with Gasteiger partial charge < -0.3 is 43.6 Å². The fraction of sp³-hybridized carbons (Fsp3) is 0.411. The average molecular weight is 1090 g/mol. The number of aliphatic hydroxyl groups excluding tert-OH is 1. The summed E-state index contributed by atoms with van der Waals surface area (Å²) in [7, 11) is -2.80. The van der Waals surface area contributed by atoms with Gasteiger partial charge in [0, 0.05) is 47.0 Å². The molecule has 3 saturated heterocycles. The summed E-state index contributed by atoms with van der Waals surface area (Å²) in [5.41, 5.74) is 1.53. The van der Waals surface area contributed by atoms with Gasteiger partial charge in [0.1, 0.15) is 41.5 Å². The predicted octanol–water partition coefficient (Wildman–Crippen LogP) is 9.32. The number of fused-ring (bicyclic) bond motifs is 6. The minimum atomic E-state index is -4.47. The van der Waals surface area contributed by atoms with E-state index in [0.29, 0.717) is 17.6 Å². The Morgan fingerprint density at radius 2 is 1.41 bits per heavy atom. The Kier molecular flexibility index (Phi) is 21.1. The number of rotatable bonds is 16. The fourth-order valence-electron chi connectivity index (χ4n) is 8.87. The van der Waals surface area contributed by atoms with E-state index in [2.05, 4.69) is 27.8 Å². The summed E-state index contributed by atoms with van der Waals surface area (Å²) in [5.74, 6) is 1.46. The number of piperidine rings is 3. The van der Waals surface area contributed by atoms with E-state index in [1.807, 2.05) is 120 Å². The van der Waals surface area contributed by atoms with Gasteiger partial charge >= 0.3 is 18.8 Å². The van der Waals surface area contributed by atoms with Gasteiger partial charge in [0.05, 0.1) is 38.9 Å². The van der Waals surface area contributed by atoms with Crippen molar-refractivity contribution in [2.24, 2.45) is 22.7 Å². The third-order valence-corrected chi connectivity index (χ3v) is 15.4. The second-order valence-electron chi connectivity index (χ2n) is 21.3. The second kappa shape index (κ2) is 26.1. The Hall–Kier alpha value is -5.38. The van der Waals surface area contributed by atoms with E-state index >= 15 is 0 Å². The number of carbonyl (C=O) groups excluding carboxylic acids is 2. The summed E-state index contributed by atoms with van der Waals surface area (Å²) in [6.07, 6.45) is 5.76. The summed E-state index contributed by atoms with van der Waals surface area (Å²) in [6.45, 7) is 17.5. The first-order valence-corrected chi connectivity index (χ1v) is 28.8. The first-order valence-electron chi connectivity index (χ1n) is 24.8. The Bertz CT molecular complexity index is 2990. The number of hydrogen-bond donors (Lipinski definition) is 4. The highest BCUT2D eigenvalue weighted by Gasteiger charge is 2.46. The molecule has 3 unspecified atom stereocenters. The third kappa shape index (κ3) is 17.6. The zero-order chi connectivity index (χ0) is 54.0. The lowest BCUT2D eigenvalue weighted by Gasteiger charge is -2.47. The summed E-state index contributed by atoms with van der Waals surface area (Å²) in [4.78, 5) is 42.0. The number of benzene rings is 5. The molecule has 0 spiro atoms. The van der Waals surface area contributed by atoms with Crippen LogP contribution in [0.1, 0.15) is 79.9 Å². The molecule has 0 saturated carbocycles. The topological polar surface area (TPSA) is 231 Å². The van der Waals surface area contributed by atoms with Gasteiger partial charge in [0.15, 0.2) is 0 Å². The second-order valence-corrected chi connectivity index (χ2v) is 25.5. The molecule has 1 aromatic heterocycles. The molecule has 9 atom stereocenters. The number of esters is 2. The first kappa shape index (κ1) is 60.5. The van der Waals surface area contributed by atoms with Crippen LogP contribution >= 0.6 is 25.9 Å². The van der Waals surface area contributed by atoms with Gasteiger partial charge in [-0.3, -0.25) is 19.1 Å². The van der Waals surface area contributed by atoms with Crippen molar-refractivity contribution in [3.63, 3.8) is 0 Å². The van der Waals surface area contributed by atoms with Crippen molar-refractivity contribution in [1.82, 2.24) is 15.2 Å². The van der Waals surface area contributed by atoms with Gasteiger partial charge in [0.2, 0.25) is 0 Å². The molecule has 0 radical (unpaired) electrons. The molecular formula is C56H73ClN4O12P2. The number of aromatic nitrogens is 1. The molecule has 19 heteroatoms. The lowest BCUT2D eigenvalue weighted by atomic mass is 9.73.